The van der Waals surface area contributed by atoms with Gasteiger partial charge in [0.05, 0.1) is 23.7 Å². The van der Waals surface area contributed by atoms with E-state index in [1.165, 1.54) is 7.11 Å². The highest BCUT2D eigenvalue weighted by atomic mass is 16.5. The Morgan fingerprint density at radius 2 is 1.74 bits per heavy atom. The molecule has 1 heterocycles. The third-order valence-corrected chi connectivity index (χ3v) is 5.17. The minimum atomic E-state index is -0.443. The monoisotopic (exact) mass is 413 g/mol. The molecule has 0 fully saturated rings. The number of imidazole rings is 1. The number of hydrogen-bond donors (Lipinski definition) is 1. The number of carbonyl (C=O) groups is 2. The van der Waals surface area contributed by atoms with E-state index in [4.69, 9.17) is 9.72 Å². The Kier molecular flexibility index (Phi) is 5.80. The minimum Gasteiger partial charge on any atom is -0.465 e. The highest BCUT2D eigenvalue weighted by Crippen LogP contribution is 2.21. The smallest absolute Gasteiger partial charge is 0.337 e. The number of esters is 1. The van der Waals surface area contributed by atoms with Crippen LogP contribution in [0, 0.1) is 6.92 Å². The van der Waals surface area contributed by atoms with Gasteiger partial charge in [-0.3, -0.25) is 4.79 Å². The molecule has 0 aliphatic rings. The normalized spacial score (nSPS) is 10.8. The number of benzene rings is 3. The summed E-state index contributed by atoms with van der Waals surface area (Å²) >= 11 is 0. The summed E-state index contributed by atoms with van der Waals surface area (Å²) in [5, 5.41) is 2.93. The van der Waals surface area contributed by atoms with Gasteiger partial charge in [-0.15, -0.1) is 0 Å². The van der Waals surface area contributed by atoms with E-state index in [1.807, 2.05) is 66.1 Å². The number of aryl methyl sites for hydroxylation is 1. The lowest BCUT2D eigenvalue weighted by atomic mass is 10.1. The largest absolute Gasteiger partial charge is 0.465 e. The van der Waals surface area contributed by atoms with Crippen LogP contribution in [0.15, 0.2) is 72.8 Å². The van der Waals surface area contributed by atoms with Crippen LogP contribution in [0.5, 0.6) is 0 Å². The van der Waals surface area contributed by atoms with Crippen molar-refractivity contribution in [2.75, 3.05) is 12.4 Å². The number of carbonyl (C=O) groups excluding carboxylic acids is 2. The molecule has 0 spiro atoms. The van der Waals surface area contributed by atoms with Gasteiger partial charge in [0, 0.05) is 12.1 Å². The average Bonchev–Trinajstić information content (AvgIpc) is 3.12. The van der Waals surface area contributed by atoms with Crippen LogP contribution < -0.4 is 5.32 Å². The van der Waals surface area contributed by atoms with Crippen molar-refractivity contribution in [3.8, 4) is 0 Å². The summed E-state index contributed by atoms with van der Waals surface area (Å²) in [6.07, 6.45) is 0.625. The molecular formula is C25H23N3O3. The van der Waals surface area contributed by atoms with Crippen molar-refractivity contribution in [1.29, 1.82) is 0 Å². The van der Waals surface area contributed by atoms with Gasteiger partial charge in [0.15, 0.2) is 0 Å². The highest BCUT2D eigenvalue weighted by molar-refractivity contribution is 5.95. The summed E-state index contributed by atoms with van der Waals surface area (Å²) in [7, 11) is 1.33. The molecule has 0 saturated heterocycles. The fourth-order valence-corrected chi connectivity index (χ4v) is 3.55. The fraction of sp³-hybridized carbons (Fsp3) is 0.160. The van der Waals surface area contributed by atoms with Gasteiger partial charge >= 0.3 is 5.97 Å². The minimum absolute atomic E-state index is 0.116. The second-order valence-electron chi connectivity index (χ2n) is 7.33. The average molecular weight is 413 g/mol. The van der Waals surface area contributed by atoms with E-state index >= 15 is 0 Å². The molecule has 0 atom stereocenters. The summed E-state index contributed by atoms with van der Waals surface area (Å²) in [5.41, 5.74) is 4.72. The SMILES string of the molecule is COC(=O)c1ccc(C)c(NC(=O)Cn2c(Cc3ccccc3)nc3ccccc32)c1. The number of methoxy groups -OCH3 is 1. The van der Waals surface area contributed by atoms with Gasteiger partial charge in [-0.05, 0) is 42.3 Å². The van der Waals surface area contributed by atoms with Gasteiger partial charge in [0.1, 0.15) is 12.4 Å². The molecule has 1 N–H and O–H groups in total. The number of hydrogen-bond acceptors (Lipinski definition) is 4. The molecule has 0 radical (unpaired) electrons. The van der Waals surface area contributed by atoms with Crippen LogP contribution in [-0.2, 0) is 22.5 Å². The zero-order chi connectivity index (χ0) is 21.8. The van der Waals surface area contributed by atoms with Crippen LogP contribution in [0.25, 0.3) is 11.0 Å². The summed E-state index contributed by atoms with van der Waals surface area (Å²) in [4.78, 5) is 29.5. The molecule has 31 heavy (non-hydrogen) atoms. The number of rotatable bonds is 6. The van der Waals surface area contributed by atoms with Gasteiger partial charge < -0.3 is 14.6 Å². The molecule has 3 aromatic carbocycles. The number of nitrogens with zero attached hydrogens (tertiary/aromatic N) is 2. The molecule has 156 valence electrons. The molecule has 6 heteroatoms. The molecule has 1 amide bonds. The molecule has 0 bridgehead atoms. The molecule has 4 aromatic rings. The van der Waals surface area contributed by atoms with Crippen LogP contribution in [0.2, 0.25) is 0 Å². The maximum absolute atomic E-state index is 13.0. The van der Waals surface area contributed by atoms with Crippen molar-refractivity contribution < 1.29 is 14.3 Å². The van der Waals surface area contributed by atoms with E-state index in [9.17, 15) is 9.59 Å². The lowest BCUT2D eigenvalue weighted by Crippen LogP contribution is -2.21. The molecule has 6 nitrogen and oxygen atoms in total. The Labute approximate surface area is 180 Å². The van der Waals surface area contributed by atoms with Gasteiger partial charge in [0.2, 0.25) is 5.91 Å². The maximum atomic E-state index is 13.0. The summed E-state index contributed by atoms with van der Waals surface area (Å²) in [6, 6.07) is 22.9. The summed E-state index contributed by atoms with van der Waals surface area (Å²) < 4.78 is 6.72. The topological polar surface area (TPSA) is 73.2 Å². The summed E-state index contributed by atoms with van der Waals surface area (Å²) in [6.45, 7) is 1.99. The highest BCUT2D eigenvalue weighted by Gasteiger charge is 2.16. The summed E-state index contributed by atoms with van der Waals surface area (Å²) in [5.74, 6) is 0.186. The molecule has 4 rings (SSSR count). The zero-order valence-corrected chi connectivity index (χ0v) is 17.5. The first kappa shape index (κ1) is 20.3. The molecule has 0 saturated carbocycles. The first-order chi connectivity index (χ1) is 15.0. The number of ether oxygens (including phenoxy) is 1. The van der Waals surface area contributed by atoms with E-state index in [-0.39, 0.29) is 12.5 Å². The van der Waals surface area contributed by atoms with Crippen molar-refractivity contribution >= 4 is 28.6 Å². The number of anilines is 1. The van der Waals surface area contributed by atoms with E-state index in [0.717, 1.165) is 28.0 Å². The van der Waals surface area contributed by atoms with E-state index in [0.29, 0.717) is 17.7 Å². The first-order valence-corrected chi connectivity index (χ1v) is 10.0. The van der Waals surface area contributed by atoms with E-state index in [1.54, 1.807) is 18.2 Å². The molecular weight excluding hydrogens is 390 g/mol. The molecule has 1 aromatic heterocycles. The number of fused-ring (bicyclic) bond motifs is 1. The van der Waals surface area contributed by atoms with Crippen molar-refractivity contribution in [3.05, 3.63) is 95.3 Å². The predicted octanol–water partition coefficient (Wildman–Crippen LogP) is 4.36. The fourth-order valence-electron chi connectivity index (χ4n) is 3.55. The number of aromatic nitrogens is 2. The van der Waals surface area contributed by atoms with Crippen LogP contribution in [-0.4, -0.2) is 28.5 Å². The number of amides is 1. The predicted molar refractivity (Wildman–Crippen MR) is 120 cm³/mol. The van der Waals surface area contributed by atoms with Crippen LogP contribution in [0.3, 0.4) is 0 Å². The van der Waals surface area contributed by atoms with Gasteiger partial charge in [0.25, 0.3) is 0 Å². The third-order valence-electron chi connectivity index (χ3n) is 5.17. The van der Waals surface area contributed by atoms with Crippen molar-refractivity contribution in [2.24, 2.45) is 0 Å². The Morgan fingerprint density at radius 3 is 2.52 bits per heavy atom. The van der Waals surface area contributed by atoms with Gasteiger partial charge in [-0.25, -0.2) is 9.78 Å². The zero-order valence-electron chi connectivity index (χ0n) is 17.5. The quantitative estimate of drug-likeness (QED) is 0.477. The van der Waals surface area contributed by atoms with Gasteiger partial charge in [-0.1, -0.05) is 48.5 Å². The Hall–Kier alpha value is -3.93. The lowest BCUT2D eigenvalue weighted by molar-refractivity contribution is -0.116. The lowest BCUT2D eigenvalue weighted by Gasteiger charge is -2.12. The second kappa shape index (κ2) is 8.83. The van der Waals surface area contributed by atoms with Crippen molar-refractivity contribution in [2.45, 2.75) is 19.9 Å². The van der Waals surface area contributed by atoms with Crippen LogP contribution in [0.4, 0.5) is 5.69 Å². The third kappa shape index (κ3) is 4.48. The number of nitrogens with one attached hydrogen (secondary N) is 1. The Morgan fingerprint density at radius 1 is 1.00 bits per heavy atom. The van der Waals surface area contributed by atoms with E-state index in [2.05, 4.69) is 5.32 Å². The Bertz CT molecular complexity index is 1250. The Balaban J connectivity index is 1.62. The molecule has 0 unspecified atom stereocenters. The van der Waals surface area contributed by atoms with Gasteiger partial charge in [-0.2, -0.15) is 0 Å². The second-order valence-corrected chi connectivity index (χ2v) is 7.33. The van der Waals surface area contributed by atoms with E-state index < -0.39 is 5.97 Å². The van der Waals surface area contributed by atoms with Crippen LogP contribution >= 0.6 is 0 Å². The van der Waals surface area contributed by atoms with Crippen LogP contribution in [0.1, 0.15) is 27.3 Å². The number of para-hydroxylation sites is 2. The van der Waals surface area contributed by atoms with Crippen molar-refractivity contribution in [3.63, 3.8) is 0 Å². The first-order valence-electron chi connectivity index (χ1n) is 10.0. The van der Waals surface area contributed by atoms with Crippen molar-refractivity contribution in [1.82, 2.24) is 9.55 Å². The standard InChI is InChI=1S/C25H23N3O3/c1-17-12-13-19(25(30)31-2)15-21(17)27-24(29)16-28-22-11-7-6-10-20(22)26-23(28)14-18-8-4-3-5-9-18/h3-13,15H,14,16H2,1-2H3,(H,27,29). The molecule has 0 aliphatic heterocycles. The maximum Gasteiger partial charge on any atom is 0.337 e. The molecule has 0 aliphatic carbocycles.